The van der Waals surface area contributed by atoms with Crippen LogP contribution in [-0.4, -0.2) is 38.2 Å². The van der Waals surface area contributed by atoms with Crippen molar-refractivity contribution < 1.29 is 9.90 Å². The second-order valence-electron chi connectivity index (χ2n) is 7.49. The Morgan fingerprint density at radius 1 is 1.06 bits per heavy atom. The van der Waals surface area contributed by atoms with Gasteiger partial charge in [-0.05, 0) is 52.2 Å². The molecule has 1 amide bonds. The molecule has 0 atom stereocenters. The summed E-state index contributed by atoms with van der Waals surface area (Å²) in [6.45, 7) is 7.66. The van der Waals surface area contributed by atoms with Crippen molar-refractivity contribution in [1.82, 2.24) is 25.9 Å². The molecule has 0 aliphatic heterocycles. The third-order valence-corrected chi connectivity index (χ3v) is 5.20. The Morgan fingerprint density at radius 3 is 2.54 bits per heavy atom. The maximum Gasteiger partial charge on any atom is 0.271 e. The highest BCUT2D eigenvalue weighted by Gasteiger charge is 2.21. The van der Waals surface area contributed by atoms with Crippen LogP contribution in [0.5, 0.6) is 5.75 Å². The highest BCUT2D eigenvalue weighted by molar-refractivity contribution is 5.96. The summed E-state index contributed by atoms with van der Waals surface area (Å²) in [6.07, 6.45) is 5.02. The van der Waals surface area contributed by atoms with Gasteiger partial charge >= 0.3 is 0 Å². The number of rotatable bonds is 9. The molecule has 4 N–H and O–H groups in total. The summed E-state index contributed by atoms with van der Waals surface area (Å²) in [5.41, 5.74) is 1.64. The van der Waals surface area contributed by atoms with Crippen LogP contribution >= 0.6 is 0 Å². The van der Waals surface area contributed by atoms with E-state index < -0.39 is 16.6 Å². The smallest absolute Gasteiger partial charge is 0.271 e. The lowest BCUT2D eigenvalue weighted by molar-refractivity contribution is 0.0957. The number of carbonyl (C=O) groups is 1. The van der Waals surface area contributed by atoms with Gasteiger partial charge in [0.25, 0.3) is 16.8 Å². The third kappa shape index (κ3) is 4.81. The number of nitrogens with one attached hydrogen (secondary N) is 3. The number of aromatic nitrogens is 4. The van der Waals surface area contributed by atoms with E-state index in [9.17, 15) is 19.5 Å². The summed E-state index contributed by atoms with van der Waals surface area (Å²) in [4.78, 5) is 35.9. The quantitative estimate of drug-likeness (QED) is 0.216. The number of hydrogen-bond donors (Lipinski definition) is 4. The second-order valence-corrected chi connectivity index (χ2v) is 7.49. The van der Waals surface area contributed by atoms with Gasteiger partial charge in [-0.3, -0.25) is 14.4 Å². The number of allylic oxidation sites excluding steroid dienone is 2. The molecule has 0 saturated heterocycles. The maximum absolute atomic E-state index is 12.7. The molecule has 174 valence electrons. The van der Waals surface area contributed by atoms with E-state index in [0.717, 1.165) is 5.57 Å². The number of hydrogen-bond acceptors (Lipinski definition) is 8. The minimum absolute atomic E-state index is 0.190. The van der Waals surface area contributed by atoms with Crippen LogP contribution in [0.2, 0.25) is 0 Å². The van der Waals surface area contributed by atoms with Crippen LogP contribution in [0.3, 0.4) is 0 Å². The number of carbonyl (C=O) groups excluding carboxylic acids is 1. The van der Waals surface area contributed by atoms with Crippen molar-refractivity contribution in [3.8, 4) is 28.3 Å². The van der Waals surface area contributed by atoms with Crippen LogP contribution in [0.4, 0.5) is 11.4 Å². The van der Waals surface area contributed by atoms with Crippen LogP contribution in [0.25, 0.3) is 22.5 Å². The van der Waals surface area contributed by atoms with Crippen LogP contribution < -0.4 is 21.5 Å². The molecule has 1 heterocycles. The molecule has 0 aliphatic carbocycles. The predicted molar refractivity (Wildman–Crippen MR) is 132 cm³/mol. The van der Waals surface area contributed by atoms with E-state index in [1.807, 2.05) is 6.07 Å². The number of benzene rings is 2. The van der Waals surface area contributed by atoms with Gasteiger partial charge in [-0.1, -0.05) is 43.5 Å². The summed E-state index contributed by atoms with van der Waals surface area (Å²) >= 11 is 0. The number of H-pyrrole nitrogens is 1. The van der Waals surface area contributed by atoms with Crippen molar-refractivity contribution in [3.05, 3.63) is 105 Å². The van der Waals surface area contributed by atoms with E-state index in [0.29, 0.717) is 40.3 Å². The number of aromatic amines is 1. The van der Waals surface area contributed by atoms with Gasteiger partial charge in [-0.25, -0.2) is 0 Å². The zero-order chi connectivity index (χ0) is 24.9. The van der Waals surface area contributed by atoms with Gasteiger partial charge in [-0.2, -0.15) is 5.21 Å². The third-order valence-electron chi connectivity index (χ3n) is 5.20. The predicted octanol–water partition coefficient (Wildman–Crippen LogP) is 2.61. The Bertz CT molecular complexity index is 1530. The first-order valence-corrected chi connectivity index (χ1v) is 10.4. The van der Waals surface area contributed by atoms with Crippen molar-refractivity contribution in [1.29, 1.82) is 0 Å². The fourth-order valence-electron chi connectivity index (χ4n) is 3.39. The Balaban J connectivity index is 1.68. The normalized spacial score (nSPS) is 11.3. The minimum Gasteiger partial charge on any atom is -0.502 e. The zero-order valence-electron chi connectivity index (χ0n) is 18.4. The van der Waals surface area contributed by atoms with Crippen molar-refractivity contribution in [2.45, 2.75) is 0 Å². The summed E-state index contributed by atoms with van der Waals surface area (Å²) in [5.74, 6) is -0.599. The highest BCUT2D eigenvalue weighted by Crippen LogP contribution is 2.31. The Morgan fingerprint density at radius 2 is 1.86 bits per heavy atom. The number of aromatic hydroxyl groups is 1. The second kappa shape index (κ2) is 9.79. The summed E-state index contributed by atoms with van der Waals surface area (Å²) < 4.78 is 0. The van der Waals surface area contributed by atoms with Gasteiger partial charge in [0.15, 0.2) is 5.75 Å². The van der Waals surface area contributed by atoms with Crippen LogP contribution in [0.15, 0.2) is 89.0 Å². The summed E-state index contributed by atoms with van der Waals surface area (Å²) in [7, 11) is 0. The monoisotopic (exact) mass is 468 g/mol. The average molecular weight is 468 g/mol. The highest BCUT2D eigenvalue weighted by atomic mass is 16.3. The molecule has 1 aromatic heterocycles. The van der Waals surface area contributed by atoms with E-state index in [4.69, 9.17) is 0 Å². The molecule has 35 heavy (non-hydrogen) atoms. The standard InChI is InChI=1S/C25H20N6O4/c1-3-6-14(4-2)13-26-25(35)16-8-5-7-15(9-16)17-10-18(24-28-30-31-29-24)12-19(11-17)27-20-21(32)23(34)22(20)33/h3-12,27,32H,1-2,13H2,(H,26,35)(H,28,29,30,31)/b14-6+. The van der Waals surface area contributed by atoms with Gasteiger partial charge in [0.05, 0.1) is 0 Å². The van der Waals surface area contributed by atoms with Gasteiger partial charge in [-0.15, -0.1) is 10.2 Å². The fraction of sp³-hybridized carbons (Fsp3) is 0.0400. The molecule has 4 aromatic rings. The average Bonchev–Trinajstić information content (AvgIpc) is 3.44. The molecule has 10 nitrogen and oxygen atoms in total. The molecule has 4 rings (SSSR count). The maximum atomic E-state index is 12.7. The lowest BCUT2D eigenvalue weighted by atomic mass is 9.99. The van der Waals surface area contributed by atoms with Crippen molar-refractivity contribution in [2.24, 2.45) is 0 Å². The molecule has 0 spiro atoms. The van der Waals surface area contributed by atoms with Crippen LogP contribution in [0.1, 0.15) is 10.4 Å². The molecule has 0 bridgehead atoms. The molecular formula is C25H20N6O4. The Hall–Kier alpha value is -5.12. The lowest BCUT2D eigenvalue weighted by Crippen LogP contribution is -2.32. The largest absolute Gasteiger partial charge is 0.502 e. The number of anilines is 2. The topological polar surface area (TPSA) is 150 Å². The fourth-order valence-corrected chi connectivity index (χ4v) is 3.39. The number of amides is 1. The van der Waals surface area contributed by atoms with Crippen molar-refractivity contribution in [3.63, 3.8) is 0 Å². The van der Waals surface area contributed by atoms with E-state index in [1.165, 1.54) is 0 Å². The van der Waals surface area contributed by atoms with Gasteiger partial charge in [0.1, 0.15) is 5.69 Å². The number of nitrogens with zero attached hydrogens (tertiary/aromatic N) is 3. The van der Waals surface area contributed by atoms with Crippen LogP contribution in [0, 0.1) is 0 Å². The van der Waals surface area contributed by atoms with Crippen LogP contribution in [-0.2, 0) is 0 Å². The van der Waals surface area contributed by atoms with Gasteiger partial charge < -0.3 is 15.7 Å². The van der Waals surface area contributed by atoms with Gasteiger partial charge in [0.2, 0.25) is 5.82 Å². The molecular weight excluding hydrogens is 448 g/mol. The first kappa shape index (κ1) is 23.1. The molecule has 10 heteroatoms. The SMILES string of the molecule is C=C/C=C(\C=C)CNC(=O)c1cccc(-c2cc(Nc3c(O)c(=O)c3=O)cc(-c3nn[nH]n3)c2)c1. The zero-order valence-corrected chi connectivity index (χ0v) is 18.4. The van der Waals surface area contributed by atoms with Crippen molar-refractivity contribution >= 4 is 17.3 Å². The lowest BCUT2D eigenvalue weighted by Gasteiger charge is -2.13. The molecule has 0 aliphatic rings. The Labute approximate surface area is 199 Å². The van der Waals surface area contributed by atoms with Gasteiger partial charge in [0, 0.05) is 23.4 Å². The van der Waals surface area contributed by atoms with E-state index in [-0.39, 0.29) is 11.6 Å². The molecule has 0 fully saturated rings. The molecule has 0 radical (unpaired) electrons. The van der Waals surface area contributed by atoms with E-state index in [1.54, 1.807) is 54.6 Å². The molecule has 3 aromatic carbocycles. The summed E-state index contributed by atoms with van der Waals surface area (Å²) in [6, 6.07) is 12.1. The Kier molecular flexibility index (Phi) is 6.45. The first-order chi connectivity index (χ1) is 16.9. The van der Waals surface area contributed by atoms with E-state index in [2.05, 4.69) is 44.4 Å². The minimum atomic E-state index is -0.941. The first-order valence-electron chi connectivity index (χ1n) is 10.4. The molecule has 0 saturated carbocycles. The summed E-state index contributed by atoms with van der Waals surface area (Å²) in [5, 5.41) is 29.3. The van der Waals surface area contributed by atoms with E-state index >= 15 is 0 Å². The van der Waals surface area contributed by atoms with Crippen molar-refractivity contribution in [2.75, 3.05) is 11.9 Å². The molecule has 0 unspecified atom stereocenters. The number of tetrazole rings is 1.